The summed E-state index contributed by atoms with van der Waals surface area (Å²) in [6, 6.07) is 11.8. The fourth-order valence-electron chi connectivity index (χ4n) is 4.26. The van der Waals surface area contributed by atoms with E-state index in [1.807, 2.05) is 25.7 Å². The maximum Gasteiger partial charge on any atom is 0.410 e. The monoisotopic (exact) mass is 555 g/mol. The van der Waals surface area contributed by atoms with E-state index in [9.17, 15) is 18.0 Å². The Hall–Kier alpha value is -4.42. The Morgan fingerprint density at radius 2 is 1.70 bits per heavy atom. The van der Waals surface area contributed by atoms with Crippen molar-refractivity contribution in [1.29, 1.82) is 0 Å². The third kappa shape index (κ3) is 6.24. The normalized spacial score (nSPS) is 14.2. The Labute approximate surface area is 228 Å². The molecule has 1 aliphatic rings. The molecule has 2 aromatic heterocycles. The minimum Gasteiger partial charge on any atom is -0.444 e. The van der Waals surface area contributed by atoms with Gasteiger partial charge in [-0.1, -0.05) is 17.3 Å². The molecule has 1 aliphatic heterocycles. The number of carbonyl (C=O) groups is 1. The first-order valence-electron chi connectivity index (χ1n) is 12.7. The van der Waals surface area contributed by atoms with Crippen molar-refractivity contribution < 1.29 is 27.1 Å². The van der Waals surface area contributed by atoms with Crippen LogP contribution in [0.4, 0.5) is 23.7 Å². The average Bonchev–Trinajstić information content (AvgIpc) is 3.59. The largest absolute Gasteiger partial charge is 0.444 e. The Morgan fingerprint density at radius 3 is 2.35 bits per heavy atom. The third-order valence-corrected chi connectivity index (χ3v) is 6.23. The summed E-state index contributed by atoms with van der Waals surface area (Å²) in [6.07, 6.45) is -1.44. The summed E-state index contributed by atoms with van der Waals surface area (Å²) in [5.74, 6) is -1.06. The van der Waals surface area contributed by atoms with Gasteiger partial charge in [0.25, 0.3) is 5.89 Å². The minimum absolute atomic E-state index is 0.0169. The lowest BCUT2D eigenvalue weighted by Gasteiger charge is -2.37. The fraction of sp³-hybridized carbons (Fsp3) is 0.370. The smallest absolute Gasteiger partial charge is 0.410 e. The Kier molecular flexibility index (Phi) is 7.46. The molecule has 1 amide bonds. The van der Waals surface area contributed by atoms with Crippen molar-refractivity contribution >= 4 is 11.8 Å². The molecule has 0 bridgehead atoms. The number of amides is 1. The van der Waals surface area contributed by atoms with Crippen LogP contribution in [0.3, 0.4) is 0 Å². The highest BCUT2D eigenvalue weighted by molar-refractivity contribution is 5.69. The number of nitrogens with zero attached hydrogens (tertiary/aromatic N) is 7. The zero-order chi connectivity index (χ0) is 28.4. The summed E-state index contributed by atoms with van der Waals surface area (Å²) in [6.45, 7) is 7.65. The molecular weight excluding hydrogens is 527 g/mol. The Morgan fingerprint density at radius 1 is 1.00 bits per heavy atom. The average molecular weight is 556 g/mol. The molecular formula is C27H28F3N7O3. The molecule has 0 saturated carbocycles. The summed E-state index contributed by atoms with van der Waals surface area (Å²) in [4.78, 5) is 15.9. The molecule has 10 nitrogen and oxygen atoms in total. The molecule has 1 fully saturated rings. The molecule has 0 N–H and O–H groups in total. The molecule has 0 spiro atoms. The molecule has 13 heteroatoms. The molecule has 4 aromatic rings. The van der Waals surface area contributed by atoms with Crippen LogP contribution in [0.5, 0.6) is 0 Å². The van der Waals surface area contributed by atoms with Crippen molar-refractivity contribution in [3.63, 3.8) is 0 Å². The van der Waals surface area contributed by atoms with Crippen molar-refractivity contribution in [1.82, 2.24) is 30.1 Å². The predicted molar refractivity (Wildman–Crippen MR) is 139 cm³/mol. The van der Waals surface area contributed by atoms with Gasteiger partial charge in [-0.05, 0) is 56.7 Å². The number of ether oxygens (including phenoxy) is 1. The van der Waals surface area contributed by atoms with E-state index in [1.165, 1.54) is 6.07 Å². The van der Waals surface area contributed by atoms with Crippen LogP contribution in [-0.2, 0) is 11.3 Å². The first-order chi connectivity index (χ1) is 19.1. The van der Waals surface area contributed by atoms with Crippen molar-refractivity contribution in [2.24, 2.45) is 0 Å². The van der Waals surface area contributed by atoms with Crippen LogP contribution in [0.1, 0.15) is 38.7 Å². The van der Waals surface area contributed by atoms with E-state index in [0.29, 0.717) is 55.2 Å². The number of anilines is 1. The number of benzene rings is 2. The van der Waals surface area contributed by atoms with E-state index < -0.39 is 17.9 Å². The number of hydrogen-bond donors (Lipinski definition) is 0. The molecule has 3 heterocycles. The van der Waals surface area contributed by atoms with Crippen LogP contribution in [-0.4, -0.2) is 68.0 Å². The molecule has 40 heavy (non-hydrogen) atoms. The van der Waals surface area contributed by atoms with Gasteiger partial charge in [-0.15, -0.1) is 15.3 Å². The van der Waals surface area contributed by atoms with E-state index in [2.05, 4.69) is 20.5 Å². The van der Waals surface area contributed by atoms with Crippen LogP contribution >= 0.6 is 0 Å². The minimum atomic E-state index is -2.83. The molecule has 2 aromatic carbocycles. The number of rotatable bonds is 6. The third-order valence-electron chi connectivity index (χ3n) is 6.23. The van der Waals surface area contributed by atoms with E-state index in [1.54, 1.807) is 52.2 Å². The van der Waals surface area contributed by atoms with Gasteiger partial charge in [0.05, 0.1) is 18.4 Å². The number of piperazine rings is 1. The topological polar surface area (TPSA) is 102 Å². The zero-order valence-electron chi connectivity index (χ0n) is 22.2. The van der Waals surface area contributed by atoms with Gasteiger partial charge in [-0.3, -0.25) is 0 Å². The van der Waals surface area contributed by atoms with Gasteiger partial charge in [0.2, 0.25) is 5.89 Å². The maximum atomic E-state index is 14.8. The van der Waals surface area contributed by atoms with E-state index in [-0.39, 0.29) is 17.8 Å². The van der Waals surface area contributed by atoms with Gasteiger partial charge in [0.1, 0.15) is 17.1 Å². The molecule has 210 valence electrons. The summed E-state index contributed by atoms with van der Waals surface area (Å²) in [7, 11) is 0. The van der Waals surface area contributed by atoms with Crippen LogP contribution in [0.15, 0.2) is 53.1 Å². The van der Waals surface area contributed by atoms with Gasteiger partial charge < -0.3 is 19.0 Å². The van der Waals surface area contributed by atoms with Gasteiger partial charge in [-0.2, -0.15) is 8.78 Å². The molecule has 5 rings (SSSR count). The Bertz CT molecular complexity index is 1470. The number of halogens is 3. The van der Waals surface area contributed by atoms with Gasteiger partial charge in [0.15, 0.2) is 0 Å². The van der Waals surface area contributed by atoms with Crippen LogP contribution < -0.4 is 4.90 Å². The number of aromatic nitrogens is 5. The summed E-state index contributed by atoms with van der Waals surface area (Å²) in [5, 5.41) is 15.4. The van der Waals surface area contributed by atoms with Crippen molar-refractivity contribution in [2.75, 3.05) is 31.1 Å². The van der Waals surface area contributed by atoms with E-state index >= 15 is 0 Å². The van der Waals surface area contributed by atoms with Crippen molar-refractivity contribution in [3.8, 4) is 22.7 Å². The first kappa shape index (κ1) is 27.2. The standard InChI is InChI=1S/C27H28F3N7O3/c1-27(2,3)40-26(38)36-12-10-35(11-13-36)22-14-19(8-9-20(22)28)21-16-37(34-31-21)15-17-4-6-18(7-5-17)24-32-33-25(39-24)23(29)30/h4-9,14,16,23H,10-13,15H2,1-3H3. The maximum absolute atomic E-state index is 14.8. The number of hydrogen-bond acceptors (Lipinski definition) is 8. The summed E-state index contributed by atoms with van der Waals surface area (Å²) >= 11 is 0. The van der Waals surface area contributed by atoms with Crippen molar-refractivity contribution in [3.05, 3.63) is 65.9 Å². The second-order valence-corrected chi connectivity index (χ2v) is 10.4. The second-order valence-electron chi connectivity index (χ2n) is 10.4. The van der Waals surface area contributed by atoms with Crippen LogP contribution in [0.25, 0.3) is 22.7 Å². The Balaban J connectivity index is 1.23. The summed E-state index contributed by atoms with van der Waals surface area (Å²) in [5.41, 5.74) is 2.55. The molecule has 1 saturated heterocycles. The highest BCUT2D eigenvalue weighted by Crippen LogP contribution is 2.28. The predicted octanol–water partition coefficient (Wildman–Crippen LogP) is 5.18. The number of carbonyl (C=O) groups excluding carboxylic acids is 1. The zero-order valence-corrected chi connectivity index (χ0v) is 22.2. The molecule has 0 aliphatic carbocycles. The van der Waals surface area contributed by atoms with Gasteiger partial charge >= 0.3 is 12.5 Å². The van der Waals surface area contributed by atoms with E-state index in [4.69, 9.17) is 9.15 Å². The number of alkyl halides is 2. The van der Waals surface area contributed by atoms with E-state index in [0.717, 1.165) is 5.56 Å². The molecule has 0 unspecified atom stereocenters. The van der Waals surface area contributed by atoms with Crippen LogP contribution in [0.2, 0.25) is 0 Å². The SMILES string of the molecule is CC(C)(C)OC(=O)N1CCN(c2cc(-c3cn(Cc4ccc(-c5nnc(C(F)F)o5)cc4)nn3)ccc2F)CC1. The van der Waals surface area contributed by atoms with Crippen molar-refractivity contribution in [2.45, 2.75) is 39.3 Å². The quantitative estimate of drug-likeness (QED) is 0.321. The fourth-order valence-corrected chi connectivity index (χ4v) is 4.26. The lowest BCUT2D eigenvalue weighted by molar-refractivity contribution is 0.0240. The molecule has 0 radical (unpaired) electrons. The van der Waals surface area contributed by atoms with Crippen LogP contribution in [0, 0.1) is 5.82 Å². The highest BCUT2D eigenvalue weighted by Gasteiger charge is 2.27. The van der Waals surface area contributed by atoms with Gasteiger partial charge in [-0.25, -0.2) is 13.9 Å². The highest BCUT2D eigenvalue weighted by atomic mass is 19.3. The molecule has 0 atom stereocenters. The van der Waals surface area contributed by atoms with Gasteiger partial charge in [0, 0.05) is 37.3 Å². The lowest BCUT2D eigenvalue weighted by Crippen LogP contribution is -2.50. The summed E-state index contributed by atoms with van der Waals surface area (Å²) < 4.78 is 52.3. The first-order valence-corrected chi connectivity index (χ1v) is 12.7. The lowest BCUT2D eigenvalue weighted by atomic mass is 10.1. The second kappa shape index (κ2) is 11.0.